The molecule has 5 heteroatoms. The predicted octanol–water partition coefficient (Wildman–Crippen LogP) is 3.76. The highest BCUT2D eigenvalue weighted by atomic mass is 32.2. The molecule has 0 aliphatic heterocycles. The molecule has 0 aliphatic rings. The van der Waals surface area contributed by atoms with Gasteiger partial charge in [-0.1, -0.05) is 42.1 Å². The van der Waals surface area contributed by atoms with Gasteiger partial charge < -0.3 is 10.5 Å². The molecule has 0 saturated carbocycles. The molecule has 0 radical (unpaired) electrons. The summed E-state index contributed by atoms with van der Waals surface area (Å²) in [5, 5.41) is 3.12. The second kappa shape index (κ2) is 6.01. The topological polar surface area (TPSA) is 61.0 Å². The van der Waals surface area contributed by atoms with E-state index in [1.54, 1.807) is 0 Å². The third kappa shape index (κ3) is 2.92. The van der Waals surface area contributed by atoms with E-state index in [1.807, 2.05) is 19.1 Å². The molecule has 0 spiro atoms. The van der Waals surface area contributed by atoms with Gasteiger partial charge in [-0.2, -0.15) is 4.98 Å². The summed E-state index contributed by atoms with van der Waals surface area (Å²) in [6.45, 7) is 2.43. The molecule has 106 valence electrons. The molecule has 21 heavy (non-hydrogen) atoms. The molecule has 0 saturated heterocycles. The van der Waals surface area contributed by atoms with Crippen molar-refractivity contribution >= 4 is 28.2 Å². The SMILES string of the molecule is CCOc1ncnc(Sc2ccc3ccccc3c2)c1N. The van der Waals surface area contributed by atoms with Crippen LogP contribution in [0.15, 0.2) is 58.7 Å². The molecule has 1 heterocycles. The molecule has 3 aromatic rings. The van der Waals surface area contributed by atoms with Crippen LogP contribution in [0.5, 0.6) is 5.88 Å². The first-order chi connectivity index (χ1) is 10.3. The van der Waals surface area contributed by atoms with Crippen molar-refractivity contribution in [2.75, 3.05) is 12.3 Å². The number of aromatic nitrogens is 2. The Morgan fingerprint density at radius 3 is 2.71 bits per heavy atom. The van der Waals surface area contributed by atoms with Gasteiger partial charge in [0.15, 0.2) is 0 Å². The van der Waals surface area contributed by atoms with Gasteiger partial charge in [0.25, 0.3) is 0 Å². The Kier molecular flexibility index (Phi) is 3.92. The molecule has 2 N–H and O–H groups in total. The van der Waals surface area contributed by atoms with Crippen molar-refractivity contribution in [3.05, 3.63) is 48.8 Å². The van der Waals surface area contributed by atoms with Crippen LogP contribution in [-0.2, 0) is 0 Å². The Bertz CT molecular complexity index is 776. The van der Waals surface area contributed by atoms with E-state index in [2.05, 4.69) is 40.3 Å². The summed E-state index contributed by atoms with van der Waals surface area (Å²) in [5.74, 6) is 0.441. The van der Waals surface area contributed by atoms with Gasteiger partial charge in [-0.05, 0) is 29.8 Å². The molecule has 0 unspecified atom stereocenters. The Labute approximate surface area is 127 Å². The number of nitrogens with zero attached hydrogens (tertiary/aromatic N) is 2. The van der Waals surface area contributed by atoms with Crippen LogP contribution >= 0.6 is 11.8 Å². The van der Waals surface area contributed by atoms with Gasteiger partial charge in [-0.25, -0.2) is 4.98 Å². The molecule has 2 aromatic carbocycles. The second-order valence-corrected chi connectivity index (χ2v) is 5.50. The summed E-state index contributed by atoms with van der Waals surface area (Å²) in [5.41, 5.74) is 6.54. The molecular formula is C16H15N3OS. The summed E-state index contributed by atoms with van der Waals surface area (Å²) in [6.07, 6.45) is 1.48. The summed E-state index contributed by atoms with van der Waals surface area (Å²) in [7, 11) is 0. The fourth-order valence-electron chi connectivity index (χ4n) is 2.04. The largest absolute Gasteiger partial charge is 0.476 e. The Morgan fingerprint density at radius 1 is 1.10 bits per heavy atom. The van der Waals surface area contributed by atoms with Gasteiger partial charge in [0, 0.05) is 4.90 Å². The number of anilines is 1. The lowest BCUT2D eigenvalue weighted by atomic mass is 10.1. The van der Waals surface area contributed by atoms with E-state index in [4.69, 9.17) is 10.5 Å². The Morgan fingerprint density at radius 2 is 1.90 bits per heavy atom. The van der Waals surface area contributed by atoms with E-state index in [0.717, 1.165) is 4.90 Å². The first-order valence-electron chi connectivity index (χ1n) is 6.68. The lowest BCUT2D eigenvalue weighted by Crippen LogP contribution is -2.02. The zero-order valence-electron chi connectivity index (χ0n) is 11.6. The fraction of sp³-hybridized carbons (Fsp3) is 0.125. The Balaban J connectivity index is 1.93. The number of hydrogen-bond acceptors (Lipinski definition) is 5. The van der Waals surface area contributed by atoms with Gasteiger partial charge in [-0.3, -0.25) is 0 Å². The minimum absolute atomic E-state index is 0.441. The van der Waals surface area contributed by atoms with Crippen molar-refractivity contribution in [1.82, 2.24) is 9.97 Å². The van der Waals surface area contributed by atoms with Crippen molar-refractivity contribution in [3.63, 3.8) is 0 Å². The third-order valence-electron chi connectivity index (χ3n) is 3.03. The molecule has 0 atom stereocenters. The van der Waals surface area contributed by atoms with Crippen molar-refractivity contribution < 1.29 is 4.74 Å². The van der Waals surface area contributed by atoms with E-state index in [9.17, 15) is 0 Å². The van der Waals surface area contributed by atoms with Crippen LogP contribution in [-0.4, -0.2) is 16.6 Å². The summed E-state index contributed by atoms with van der Waals surface area (Å²) < 4.78 is 5.40. The van der Waals surface area contributed by atoms with Crippen molar-refractivity contribution in [2.24, 2.45) is 0 Å². The molecule has 3 rings (SSSR count). The quantitative estimate of drug-likeness (QED) is 0.743. The van der Waals surface area contributed by atoms with Crippen LogP contribution in [0.1, 0.15) is 6.92 Å². The van der Waals surface area contributed by atoms with Crippen LogP contribution in [0.3, 0.4) is 0 Å². The van der Waals surface area contributed by atoms with Crippen molar-refractivity contribution in [2.45, 2.75) is 16.8 Å². The number of hydrogen-bond donors (Lipinski definition) is 1. The van der Waals surface area contributed by atoms with Gasteiger partial charge in [0.1, 0.15) is 17.0 Å². The highest BCUT2D eigenvalue weighted by Crippen LogP contribution is 2.35. The minimum atomic E-state index is 0.441. The molecule has 0 aliphatic carbocycles. The first-order valence-corrected chi connectivity index (χ1v) is 7.49. The van der Waals surface area contributed by atoms with E-state index >= 15 is 0 Å². The molecule has 1 aromatic heterocycles. The van der Waals surface area contributed by atoms with Gasteiger partial charge >= 0.3 is 0 Å². The number of ether oxygens (including phenoxy) is 1. The van der Waals surface area contributed by atoms with Crippen molar-refractivity contribution in [1.29, 1.82) is 0 Å². The molecular weight excluding hydrogens is 282 g/mol. The maximum Gasteiger partial charge on any atom is 0.241 e. The van der Waals surface area contributed by atoms with Crippen LogP contribution in [0, 0.1) is 0 Å². The van der Waals surface area contributed by atoms with Crippen molar-refractivity contribution in [3.8, 4) is 5.88 Å². The zero-order valence-corrected chi connectivity index (χ0v) is 12.4. The summed E-state index contributed by atoms with van der Waals surface area (Å²) in [4.78, 5) is 9.38. The normalized spacial score (nSPS) is 10.7. The number of nitrogens with two attached hydrogens (primary N) is 1. The van der Waals surface area contributed by atoms with Crippen LogP contribution in [0.2, 0.25) is 0 Å². The van der Waals surface area contributed by atoms with E-state index in [1.165, 1.54) is 28.9 Å². The zero-order chi connectivity index (χ0) is 14.7. The number of benzene rings is 2. The third-order valence-corrected chi connectivity index (χ3v) is 4.04. The highest BCUT2D eigenvalue weighted by molar-refractivity contribution is 7.99. The highest BCUT2D eigenvalue weighted by Gasteiger charge is 2.10. The fourth-order valence-corrected chi connectivity index (χ4v) is 2.88. The first kappa shape index (κ1) is 13.7. The average molecular weight is 297 g/mol. The maximum atomic E-state index is 6.06. The van der Waals surface area contributed by atoms with E-state index < -0.39 is 0 Å². The molecule has 0 amide bonds. The average Bonchev–Trinajstić information content (AvgIpc) is 2.51. The maximum absolute atomic E-state index is 6.06. The number of fused-ring (bicyclic) bond motifs is 1. The molecule has 4 nitrogen and oxygen atoms in total. The second-order valence-electron chi connectivity index (χ2n) is 4.44. The van der Waals surface area contributed by atoms with Crippen LogP contribution in [0.4, 0.5) is 5.69 Å². The molecule has 0 fully saturated rings. The van der Waals surface area contributed by atoms with Crippen LogP contribution < -0.4 is 10.5 Å². The lowest BCUT2D eigenvalue weighted by molar-refractivity contribution is 0.327. The van der Waals surface area contributed by atoms with Gasteiger partial charge in [0.05, 0.1) is 6.61 Å². The Hall–Kier alpha value is -2.27. The van der Waals surface area contributed by atoms with Gasteiger partial charge in [-0.15, -0.1) is 0 Å². The number of nitrogen functional groups attached to an aromatic ring is 1. The summed E-state index contributed by atoms with van der Waals surface area (Å²) in [6, 6.07) is 14.5. The standard InChI is InChI=1S/C16H15N3OS/c1-2-20-15-14(17)16(19-10-18-15)21-13-8-7-11-5-3-4-6-12(11)9-13/h3-10H,2,17H2,1H3. The predicted molar refractivity (Wildman–Crippen MR) is 85.7 cm³/mol. The smallest absolute Gasteiger partial charge is 0.241 e. The molecule has 0 bridgehead atoms. The van der Waals surface area contributed by atoms with Crippen LogP contribution in [0.25, 0.3) is 10.8 Å². The number of rotatable bonds is 4. The minimum Gasteiger partial charge on any atom is -0.476 e. The summed E-state index contributed by atoms with van der Waals surface area (Å²) >= 11 is 1.51. The lowest BCUT2D eigenvalue weighted by Gasteiger charge is -2.09. The monoisotopic (exact) mass is 297 g/mol. The van der Waals surface area contributed by atoms with Gasteiger partial charge in [0.2, 0.25) is 5.88 Å². The van der Waals surface area contributed by atoms with E-state index in [0.29, 0.717) is 23.2 Å². The van der Waals surface area contributed by atoms with E-state index in [-0.39, 0.29) is 0 Å².